The minimum atomic E-state index is 0. The zero-order valence-electron chi connectivity index (χ0n) is 16.6. The van der Waals surface area contributed by atoms with Crippen molar-refractivity contribution < 1.29 is 14.2 Å². The zero-order valence-corrected chi connectivity index (χ0v) is 18.9. The first-order valence-electron chi connectivity index (χ1n) is 9.09. The van der Waals surface area contributed by atoms with E-state index in [2.05, 4.69) is 24.2 Å². The predicted molar refractivity (Wildman–Crippen MR) is 119 cm³/mol. The third-order valence-electron chi connectivity index (χ3n) is 3.64. The van der Waals surface area contributed by atoms with Gasteiger partial charge in [-0.05, 0) is 45.2 Å². The third kappa shape index (κ3) is 8.93. The molecular weight excluding hydrogens is 445 g/mol. The molecule has 0 saturated carbocycles. The third-order valence-corrected chi connectivity index (χ3v) is 3.64. The van der Waals surface area contributed by atoms with Crippen molar-refractivity contribution in [2.24, 2.45) is 16.6 Å². The molecule has 0 saturated heterocycles. The highest BCUT2D eigenvalue weighted by Crippen LogP contribution is 2.29. The molecular formula is C19H34IN3O3. The fraction of sp³-hybridized carbons (Fsp3) is 0.632. The van der Waals surface area contributed by atoms with Gasteiger partial charge in [-0.1, -0.05) is 13.8 Å². The molecule has 0 spiro atoms. The van der Waals surface area contributed by atoms with E-state index in [1.165, 1.54) is 0 Å². The molecule has 7 heteroatoms. The molecule has 26 heavy (non-hydrogen) atoms. The lowest BCUT2D eigenvalue weighted by Gasteiger charge is -2.20. The summed E-state index contributed by atoms with van der Waals surface area (Å²) in [7, 11) is 0. The Bertz CT molecular complexity index is 539. The SMILES string of the molecule is CCOc1ccc(OCC)c(NC(N)=NCCC(OCC)C(C)C)c1.I. The summed E-state index contributed by atoms with van der Waals surface area (Å²) in [6.45, 7) is 12.7. The zero-order chi connectivity index (χ0) is 18.7. The Hall–Kier alpha value is -1.22. The van der Waals surface area contributed by atoms with Gasteiger partial charge in [0.25, 0.3) is 0 Å². The smallest absolute Gasteiger partial charge is 0.193 e. The number of aliphatic imine (C=N–C) groups is 1. The lowest BCUT2D eigenvalue weighted by Crippen LogP contribution is -2.25. The van der Waals surface area contributed by atoms with Crippen LogP contribution in [-0.2, 0) is 4.74 Å². The van der Waals surface area contributed by atoms with Crippen molar-refractivity contribution in [3.05, 3.63) is 18.2 Å². The van der Waals surface area contributed by atoms with E-state index >= 15 is 0 Å². The second-order valence-electron chi connectivity index (χ2n) is 5.94. The van der Waals surface area contributed by atoms with Crippen LogP contribution in [0.25, 0.3) is 0 Å². The average Bonchev–Trinajstić information content (AvgIpc) is 2.56. The van der Waals surface area contributed by atoms with Gasteiger partial charge in [-0.15, -0.1) is 24.0 Å². The average molecular weight is 479 g/mol. The second kappa shape index (κ2) is 13.9. The highest BCUT2D eigenvalue weighted by atomic mass is 127. The summed E-state index contributed by atoms with van der Waals surface area (Å²) in [5.74, 6) is 2.29. The number of anilines is 1. The summed E-state index contributed by atoms with van der Waals surface area (Å²) >= 11 is 0. The van der Waals surface area contributed by atoms with Crippen molar-refractivity contribution in [1.29, 1.82) is 0 Å². The summed E-state index contributed by atoms with van der Waals surface area (Å²) in [6.07, 6.45) is 1.03. The monoisotopic (exact) mass is 479 g/mol. The van der Waals surface area contributed by atoms with Crippen LogP contribution in [0.1, 0.15) is 41.0 Å². The minimum absolute atomic E-state index is 0. The maximum atomic E-state index is 6.03. The summed E-state index contributed by atoms with van der Waals surface area (Å²) in [4.78, 5) is 4.41. The van der Waals surface area contributed by atoms with Gasteiger partial charge >= 0.3 is 0 Å². The van der Waals surface area contributed by atoms with E-state index in [0.717, 1.165) is 23.6 Å². The van der Waals surface area contributed by atoms with Gasteiger partial charge in [-0.3, -0.25) is 4.99 Å². The fourth-order valence-corrected chi connectivity index (χ4v) is 2.46. The number of guanidine groups is 1. The van der Waals surface area contributed by atoms with E-state index in [0.29, 0.717) is 38.2 Å². The van der Waals surface area contributed by atoms with E-state index in [9.17, 15) is 0 Å². The molecule has 3 N–H and O–H groups in total. The normalized spacial score (nSPS) is 12.5. The molecule has 1 rings (SSSR count). The summed E-state index contributed by atoms with van der Waals surface area (Å²) in [5, 5.41) is 3.11. The number of hydrogen-bond donors (Lipinski definition) is 2. The number of hydrogen-bond acceptors (Lipinski definition) is 4. The first kappa shape index (κ1) is 24.8. The van der Waals surface area contributed by atoms with Crippen molar-refractivity contribution in [1.82, 2.24) is 0 Å². The number of benzene rings is 1. The van der Waals surface area contributed by atoms with Crippen LogP contribution >= 0.6 is 24.0 Å². The molecule has 0 aliphatic carbocycles. The van der Waals surface area contributed by atoms with Gasteiger partial charge in [0.05, 0.1) is 25.0 Å². The Morgan fingerprint density at radius 3 is 2.38 bits per heavy atom. The van der Waals surface area contributed by atoms with Crippen LogP contribution in [0.4, 0.5) is 5.69 Å². The van der Waals surface area contributed by atoms with Crippen LogP contribution in [-0.4, -0.2) is 38.4 Å². The van der Waals surface area contributed by atoms with Crippen LogP contribution in [0.15, 0.2) is 23.2 Å². The number of nitrogens with zero attached hydrogens (tertiary/aromatic N) is 1. The van der Waals surface area contributed by atoms with E-state index in [4.69, 9.17) is 19.9 Å². The maximum Gasteiger partial charge on any atom is 0.193 e. The van der Waals surface area contributed by atoms with E-state index in [1.807, 2.05) is 39.0 Å². The number of ether oxygens (including phenoxy) is 3. The van der Waals surface area contributed by atoms with E-state index < -0.39 is 0 Å². The largest absolute Gasteiger partial charge is 0.494 e. The van der Waals surface area contributed by atoms with Crippen molar-refractivity contribution in [3.63, 3.8) is 0 Å². The molecule has 1 atom stereocenters. The maximum absolute atomic E-state index is 6.03. The molecule has 0 bridgehead atoms. The molecule has 150 valence electrons. The van der Waals surface area contributed by atoms with Gasteiger partial charge < -0.3 is 25.3 Å². The number of rotatable bonds is 11. The summed E-state index contributed by atoms with van der Waals surface area (Å²) < 4.78 is 16.9. The molecule has 6 nitrogen and oxygen atoms in total. The fourth-order valence-electron chi connectivity index (χ4n) is 2.46. The second-order valence-corrected chi connectivity index (χ2v) is 5.94. The van der Waals surface area contributed by atoms with Gasteiger partial charge in [0.15, 0.2) is 5.96 Å². The minimum Gasteiger partial charge on any atom is -0.494 e. The van der Waals surface area contributed by atoms with Crippen molar-refractivity contribution in [3.8, 4) is 11.5 Å². The van der Waals surface area contributed by atoms with Crippen LogP contribution in [0, 0.1) is 5.92 Å². The standard InChI is InChI=1S/C19H33N3O3.HI/c1-6-23-15-9-10-18(25-8-3)16(13-15)22-19(20)21-12-11-17(14(4)5)24-7-2;/h9-10,13-14,17H,6-8,11-12H2,1-5H3,(H3,20,21,22);1H. The quantitative estimate of drug-likeness (QED) is 0.282. The van der Waals surface area contributed by atoms with Crippen molar-refractivity contribution >= 4 is 35.6 Å². The Balaban J connectivity index is 0.00000625. The van der Waals surface area contributed by atoms with Gasteiger partial charge in [0.2, 0.25) is 0 Å². The van der Waals surface area contributed by atoms with Gasteiger partial charge in [-0.25, -0.2) is 0 Å². The summed E-state index contributed by atoms with van der Waals surface area (Å²) in [5.41, 5.74) is 6.78. The molecule has 0 aliphatic heterocycles. The molecule has 1 aromatic rings. The van der Waals surface area contributed by atoms with Crippen LogP contribution in [0.3, 0.4) is 0 Å². The van der Waals surface area contributed by atoms with Gasteiger partial charge in [0, 0.05) is 19.2 Å². The van der Waals surface area contributed by atoms with Gasteiger partial charge in [-0.2, -0.15) is 0 Å². The lowest BCUT2D eigenvalue weighted by molar-refractivity contribution is 0.0266. The highest BCUT2D eigenvalue weighted by Gasteiger charge is 2.12. The molecule has 0 amide bonds. The van der Waals surface area contributed by atoms with Crippen molar-refractivity contribution in [2.45, 2.75) is 47.1 Å². The Morgan fingerprint density at radius 2 is 1.81 bits per heavy atom. The highest BCUT2D eigenvalue weighted by molar-refractivity contribution is 14.0. The van der Waals surface area contributed by atoms with Crippen LogP contribution < -0.4 is 20.5 Å². The molecule has 0 fully saturated rings. The van der Waals surface area contributed by atoms with E-state index in [-0.39, 0.29) is 30.1 Å². The Labute approximate surface area is 174 Å². The first-order chi connectivity index (χ1) is 12.0. The number of nitrogens with two attached hydrogens (primary N) is 1. The lowest BCUT2D eigenvalue weighted by atomic mass is 10.0. The van der Waals surface area contributed by atoms with E-state index in [1.54, 1.807) is 0 Å². The topological polar surface area (TPSA) is 78.1 Å². The number of halogens is 1. The molecule has 1 aromatic carbocycles. The van der Waals surface area contributed by atoms with Crippen LogP contribution in [0.5, 0.6) is 11.5 Å². The van der Waals surface area contributed by atoms with Gasteiger partial charge in [0.1, 0.15) is 11.5 Å². The van der Waals surface area contributed by atoms with Crippen molar-refractivity contribution in [2.75, 3.05) is 31.7 Å². The molecule has 0 aromatic heterocycles. The van der Waals surface area contributed by atoms with Crippen LogP contribution in [0.2, 0.25) is 0 Å². The molecule has 0 radical (unpaired) electrons. The Morgan fingerprint density at radius 1 is 1.12 bits per heavy atom. The first-order valence-corrected chi connectivity index (χ1v) is 9.09. The molecule has 0 aliphatic rings. The predicted octanol–water partition coefficient (Wildman–Crippen LogP) is 4.28. The summed E-state index contributed by atoms with van der Waals surface area (Å²) in [6, 6.07) is 5.62. The Kier molecular flexibility index (Phi) is 13.3. The molecule has 1 unspecified atom stereocenters. The molecule has 0 heterocycles. The number of nitrogens with one attached hydrogen (secondary N) is 1.